The van der Waals surface area contributed by atoms with Gasteiger partial charge in [0.1, 0.15) is 22.7 Å². The van der Waals surface area contributed by atoms with E-state index in [0.717, 1.165) is 21.7 Å². The van der Waals surface area contributed by atoms with E-state index in [4.69, 9.17) is 11.1 Å². The molecule has 0 radical (unpaired) electrons. The molecule has 0 aliphatic carbocycles. The summed E-state index contributed by atoms with van der Waals surface area (Å²) in [6, 6.07) is 7.63. The number of imidazole rings is 1. The van der Waals surface area contributed by atoms with E-state index in [0.29, 0.717) is 11.4 Å². The van der Waals surface area contributed by atoms with Crippen LogP contribution in [0.4, 0.5) is 0 Å². The van der Waals surface area contributed by atoms with Crippen molar-refractivity contribution in [3.8, 4) is 0 Å². The molecule has 7 heteroatoms. The van der Waals surface area contributed by atoms with Gasteiger partial charge in [-0.25, -0.2) is 15.0 Å². The number of aromatic amines is 1. The fourth-order valence-corrected chi connectivity index (χ4v) is 2.87. The lowest BCUT2D eigenvalue weighted by Crippen LogP contribution is -2.13. The summed E-state index contributed by atoms with van der Waals surface area (Å²) in [5.41, 5.74) is 8.85. The van der Waals surface area contributed by atoms with Gasteiger partial charge in [-0.05, 0) is 5.56 Å². The molecule has 0 aliphatic heterocycles. The number of hydrogen-bond acceptors (Lipinski definition) is 5. The first-order chi connectivity index (χ1) is 9.75. The third-order valence-corrected chi connectivity index (χ3v) is 3.90. The summed E-state index contributed by atoms with van der Waals surface area (Å²) in [4.78, 5) is 15.5. The Morgan fingerprint density at radius 3 is 2.95 bits per heavy atom. The van der Waals surface area contributed by atoms with E-state index in [1.54, 1.807) is 18.1 Å². The maximum Gasteiger partial charge on any atom is 0.181 e. The number of thioether (sulfide) groups is 1. The Hall–Kier alpha value is -2.41. The lowest BCUT2D eigenvalue weighted by molar-refractivity contribution is 1.08. The zero-order valence-electron chi connectivity index (χ0n) is 10.5. The lowest BCUT2D eigenvalue weighted by Gasteiger charge is -2.07. The monoisotopic (exact) mass is 284 g/mol. The van der Waals surface area contributed by atoms with Crippen LogP contribution < -0.4 is 5.73 Å². The van der Waals surface area contributed by atoms with Crippen molar-refractivity contribution in [2.75, 3.05) is 0 Å². The summed E-state index contributed by atoms with van der Waals surface area (Å²) in [6.07, 6.45) is 3.11. The highest BCUT2D eigenvalue weighted by atomic mass is 32.2. The first-order valence-electron chi connectivity index (χ1n) is 5.95. The summed E-state index contributed by atoms with van der Waals surface area (Å²) in [7, 11) is 0. The maximum absolute atomic E-state index is 7.59. The molecule has 0 saturated carbocycles. The van der Waals surface area contributed by atoms with Crippen molar-refractivity contribution in [2.24, 2.45) is 5.73 Å². The number of amidine groups is 1. The third kappa shape index (κ3) is 2.35. The first kappa shape index (κ1) is 12.6. The summed E-state index contributed by atoms with van der Waals surface area (Å²) in [6.45, 7) is 0. The van der Waals surface area contributed by atoms with Gasteiger partial charge >= 0.3 is 0 Å². The second kappa shape index (κ2) is 5.30. The molecule has 20 heavy (non-hydrogen) atoms. The number of rotatable bonds is 4. The Bertz CT molecular complexity index is 766. The Morgan fingerprint density at radius 1 is 1.25 bits per heavy atom. The Labute approximate surface area is 119 Å². The zero-order chi connectivity index (χ0) is 13.9. The molecule has 6 nitrogen and oxygen atoms in total. The predicted molar refractivity (Wildman–Crippen MR) is 78.7 cm³/mol. The molecular formula is C13H12N6S. The Morgan fingerprint density at radius 2 is 2.10 bits per heavy atom. The number of fused-ring (bicyclic) bond motifs is 1. The van der Waals surface area contributed by atoms with Crippen LogP contribution in [0.5, 0.6) is 0 Å². The highest BCUT2D eigenvalue weighted by molar-refractivity contribution is 7.98. The number of nitrogen functional groups attached to an aromatic ring is 1. The van der Waals surface area contributed by atoms with Gasteiger partial charge in [-0.3, -0.25) is 5.41 Å². The second-order valence-electron chi connectivity index (χ2n) is 4.14. The molecular weight excluding hydrogens is 272 g/mol. The van der Waals surface area contributed by atoms with Gasteiger partial charge in [-0.15, -0.1) is 0 Å². The summed E-state index contributed by atoms with van der Waals surface area (Å²) < 4.78 is 0. The molecule has 4 N–H and O–H groups in total. The molecule has 0 unspecified atom stereocenters. The normalized spacial score (nSPS) is 10.8. The molecule has 0 aliphatic rings. The van der Waals surface area contributed by atoms with Gasteiger partial charge in [0.25, 0.3) is 0 Å². The highest BCUT2D eigenvalue weighted by Gasteiger charge is 2.09. The first-order valence-corrected chi connectivity index (χ1v) is 6.93. The van der Waals surface area contributed by atoms with E-state index in [9.17, 15) is 0 Å². The topological polar surface area (TPSA) is 104 Å². The molecule has 0 bridgehead atoms. The van der Waals surface area contributed by atoms with Gasteiger partial charge in [0, 0.05) is 11.3 Å². The number of nitrogens with one attached hydrogen (secondary N) is 2. The van der Waals surface area contributed by atoms with Gasteiger partial charge in [0.05, 0.1) is 6.33 Å². The van der Waals surface area contributed by atoms with Gasteiger partial charge in [0.2, 0.25) is 0 Å². The number of hydrogen-bond donors (Lipinski definition) is 3. The van der Waals surface area contributed by atoms with E-state index in [1.165, 1.54) is 6.33 Å². The SMILES string of the molecule is N=C(N)c1ccccc1CSc1ncnc2nc[nH]c12. The molecule has 1 aromatic carbocycles. The molecule has 2 heterocycles. The minimum Gasteiger partial charge on any atom is -0.384 e. The van der Waals surface area contributed by atoms with Crippen molar-refractivity contribution in [3.63, 3.8) is 0 Å². The quantitative estimate of drug-likeness (QED) is 0.294. The van der Waals surface area contributed by atoms with Crippen molar-refractivity contribution >= 4 is 28.8 Å². The van der Waals surface area contributed by atoms with Crippen LogP contribution in [0.3, 0.4) is 0 Å². The van der Waals surface area contributed by atoms with Crippen LogP contribution >= 0.6 is 11.8 Å². The molecule has 3 rings (SSSR count). The average Bonchev–Trinajstić information content (AvgIpc) is 2.94. The lowest BCUT2D eigenvalue weighted by atomic mass is 10.1. The van der Waals surface area contributed by atoms with Crippen LogP contribution in [0, 0.1) is 5.41 Å². The van der Waals surface area contributed by atoms with Gasteiger partial charge < -0.3 is 10.7 Å². The van der Waals surface area contributed by atoms with Crippen molar-refractivity contribution in [1.82, 2.24) is 19.9 Å². The van der Waals surface area contributed by atoms with Crippen LogP contribution in [0.1, 0.15) is 11.1 Å². The standard InChI is InChI=1S/C13H12N6S/c14-11(15)9-4-2-1-3-8(9)5-20-13-10-12(17-6-16-10)18-7-19-13/h1-4,6-7H,5H2,(H3,14,15)(H,16,17,18,19). The van der Waals surface area contributed by atoms with Crippen molar-refractivity contribution in [2.45, 2.75) is 10.8 Å². The van der Waals surface area contributed by atoms with Crippen LogP contribution in [0.15, 0.2) is 41.9 Å². The van der Waals surface area contributed by atoms with Crippen molar-refractivity contribution < 1.29 is 0 Å². The van der Waals surface area contributed by atoms with Crippen LogP contribution in [-0.2, 0) is 5.75 Å². The van der Waals surface area contributed by atoms with Gasteiger partial charge in [-0.1, -0.05) is 36.0 Å². The maximum atomic E-state index is 7.59. The molecule has 0 amide bonds. The number of H-pyrrole nitrogens is 1. The summed E-state index contributed by atoms with van der Waals surface area (Å²) >= 11 is 1.56. The smallest absolute Gasteiger partial charge is 0.181 e. The minimum atomic E-state index is 0.0792. The fraction of sp³-hybridized carbons (Fsp3) is 0.0769. The molecule has 3 aromatic rings. The van der Waals surface area contributed by atoms with E-state index in [-0.39, 0.29) is 5.84 Å². The molecule has 0 saturated heterocycles. The number of benzene rings is 1. The third-order valence-electron chi connectivity index (χ3n) is 2.86. The zero-order valence-corrected chi connectivity index (χ0v) is 11.3. The van der Waals surface area contributed by atoms with Gasteiger partial charge in [-0.2, -0.15) is 0 Å². The summed E-state index contributed by atoms with van der Waals surface area (Å²) in [5.74, 6) is 0.761. The number of nitrogens with two attached hydrogens (primary N) is 1. The Kier molecular flexibility index (Phi) is 3.34. The number of aromatic nitrogens is 4. The molecule has 2 aromatic heterocycles. The van der Waals surface area contributed by atoms with Gasteiger partial charge in [0.15, 0.2) is 5.65 Å². The van der Waals surface area contributed by atoms with E-state index >= 15 is 0 Å². The summed E-state index contributed by atoms with van der Waals surface area (Å²) in [5, 5.41) is 8.43. The van der Waals surface area contributed by atoms with Crippen molar-refractivity contribution in [3.05, 3.63) is 48.0 Å². The van der Waals surface area contributed by atoms with E-state index in [1.807, 2.05) is 24.3 Å². The predicted octanol–water partition coefficient (Wildman–Crippen LogP) is 1.93. The van der Waals surface area contributed by atoms with Crippen LogP contribution in [-0.4, -0.2) is 25.8 Å². The largest absolute Gasteiger partial charge is 0.384 e. The highest BCUT2D eigenvalue weighted by Crippen LogP contribution is 2.26. The second-order valence-corrected chi connectivity index (χ2v) is 5.10. The van der Waals surface area contributed by atoms with Crippen LogP contribution in [0.2, 0.25) is 0 Å². The Balaban J connectivity index is 1.87. The minimum absolute atomic E-state index is 0.0792. The molecule has 0 atom stereocenters. The molecule has 0 fully saturated rings. The van der Waals surface area contributed by atoms with E-state index < -0.39 is 0 Å². The van der Waals surface area contributed by atoms with Crippen molar-refractivity contribution in [1.29, 1.82) is 5.41 Å². The molecule has 100 valence electrons. The van der Waals surface area contributed by atoms with Crippen LogP contribution in [0.25, 0.3) is 11.2 Å². The average molecular weight is 284 g/mol. The molecule has 0 spiro atoms. The van der Waals surface area contributed by atoms with E-state index in [2.05, 4.69) is 19.9 Å². The fourth-order valence-electron chi connectivity index (χ4n) is 1.91. The number of nitrogens with zero attached hydrogens (tertiary/aromatic N) is 3.